The van der Waals surface area contributed by atoms with Crippen molar-refractivity contribution in [2.24, 2.45) is 0 Å². The van der Waals surface area contributed by atoms with Gasteiger partial charge in [0.15, 0.2) is 11.6 Å². The average molecular weight is 350 g/mol. The Kier molecular flexibility index (Phi) is 3.33. The highest BCUT2D eigenvalue weighted by Crippen LogP contribution is 2.40. The molecule has 3 aromatic heterocycles. The number of hydrogen-bond acceptors (Lipinski definition) is 6. The van der Waals surface area contributed by atoms with E-state index in [-0.39, 0.29) is 5.28 Å². The van der Waals surface area contributed by atoms with Gasteiger partial charge in [-0.2, -0.15) is 10.1 Å². The minimum Gasteiger partial charge on any atom is -0.385 e. The minimum absolute atomic E-state index is 0.165. The maximum absolute atomic E-state index is 10.2. The highest BCUT2D eigenvalue weighted by Gasteiger charge is 2.26. The zero-order valence-corrected chi connectivity index (χ0v) is 14.3. The van der Waals surface area contributed by atoms with Gasteiger partial charge in [-0.3, -0.25) is 5.10 Å². The van der Waals surface area contributed by atoms with Gasteiger partial charge < -0.3 is 10.4 Å². The lowest BCUT2D eigenvalue weighted by Crippen LogP contribution is -2.12. The number of fused-ring (bicyclic) bond motifs is 1. The van der Waals surface area contributed by atoms with Crippen LogP contribution in [0.15, 0.2) is 12.1 Å². The van der Waals surface area contributed by atoms with Gasteiger partial charge in [0.05, 0.1) is 15.8 Å². The van der Waals surface area contributed by atoms with Crippen molar-refractivity contribution in [1.82, 2.24) is 20.2 Å². The SMILES string of the molecule is CC(C)(O)c1cc2nc(Cl)nc(Nc3cc(C4CC4)[nH]n3)c2s1. The highest BCUT2D eigenvalue weighted by molar-refractivity contribution is 7.19. The monoisotopic (exact) mass is 349 g/mol. The van der Waals surface area contributed by atoms with Crippen LogP contribution in [0, 0.1) is 0 Å². The number of aromatic nitrogens is 4. The molecule has 23 heavy (non-hydrogen) atoms. The summed E-state index contributed by atoms with van der Waals surface area (Å²) in [6, 6.07) is 3.85. The molecule has 0 bridgehead atoms. The zero-order chi connectivity index (χ0) is 16.2. The summed E-state index contributed by atoms with van der Waals surface area (Å²) in [5, 5.41) is 20.9. The predicted molar refractivity (Wildman–Crippen MR) is 91.5 cm³/mol. The van der Waals surface area contributed by atoms with E-state index in [4.69, 9.17) is 11.6 Å². The predicted octanol–water partition coefficient (Wildman–Crippen LogP) is 3.92. The Morgan fingerprint density at radius 3 is 2.83 bits per heavy atom. The van der Waals surface area contributed by atoms with Crippen LogP contribution in [0.1, 0.15) is 43.2 Å². The molecule has 0 spiro atoms. The van der Waals surface area contributed by atoms with Gasteiger partial charge in [0, 0.05) is 22.6 Å². The van der Waals surface area contributed by atoms with E-state index in [2.05, 4.69) is 25.5 Å². The summed E-state index contributed by atoms with van der Waals surface area (Å²) < 4.78 is 0.850. The van der Waals surface area contributed by atoms with E-state index in [1.165, 1.54) is 24.2 Å². The van der Waals surface area contributed by atoms with Gasteiger partial charge in [-0.15, -0.1) is 11.3 Å². The maximum Gasteiger partial charge on any atom is 0.224 e. The highest BCUT2D eigenvalue weighted by atomic mass is 35.5. The van der Waals surface area contributed by atoms with E-state index < -0.39 is 5.60 Å². The molecule has 0 amide bonds. The van der Waals surface area contributed by atoms with Crippen molar-refractivity contribution in [3.05, 3.63) is 28.0 Å². The topological polar surface area (TPSA) is 86.7 Å². The summed E-state index contributed by atoms with van der Waals surface area (Å²) in [7, 11) is 0. The van der Waals surface area contributed by atoms with Crippen molar-refractivity contribution in [3.8, 4) is 0 Å². The maximum atomic E-state index is 10.2. The number of nitrogens with one attached hydrogen (secondary N) is 2. The first-order valence-electron chi connectivity index (χ1n) is 7.42. The molecule has 0 aromatic carbocycles. The second kappa shape index (κ2) is 5.15. The van der Waals surface area contributed by atoms with E-state index in [0.29, 0.717) is 23.1 Å². The summed E-state index contributed by atoms with van der Waals surface area (Å²) in [5.74, 6) is 1.92. The molecular formula is C15H16ClN5OS. The van der Waals surface area contributed by atoms with E-state index >= 15 is 0 Å². The summed E-state index contributed by atoms with van der Waals surface area (Å²) in [4.78, 5) is 9.33. The number of H-pyrrole nitrogens is 1. The van der Waals surface area contributed by atoms with Gasteiger partial charge in [-0.05, 0) is 44.4 Å². The molecule has 3 N–H and O–H groups in total. The number of aliphatic hydroxyl groups is 1. The van der Waals surface area contributed by atoms with Crippen LogP contribution < -0.4 is 5.32 Å². The third-order valence-electron chi connectivity index (χ3n) is 3.81. The first-order chi connectivity index (χ1) is 10.9. The fourth-order valence-corrected chi connectivity index (χ4v) is 3.63. The molecule has 0 radical (unpaired) electrons. The molecule has 1 aliphatic rings. The van der Waals surface area contributed by atoms with Gasteiger partial charge in [-0.1, -0.05) is 0 Å². The van der Waals surface area contributed by atoms with E-state index in [0.717, 1.165) is 15.3 Å². The Morgan fingerprint density at radius 2 is 2.13 bits per heavy atom. The Bertz CT molecular complexity index is 878. The molecule has 3 aromatic rings. The molecule has 0 unspecified atom stereocenters. The lowest BCUT2D eigenvalue weighted by molar-refractivity contribution is 0.0826. The summed E-state index contributed by atoms with van der Waals surface area (Å²) in [6.45, 7) is 3.49. The minimum atomic E-state index is -0.930. The number of rotatable bonds is 4. The Morgan fingerprint density at radius 1 is 1.35 bits per heavy atom. The molecule has 0 saturated heterocycles. The Hall–Kier alpha value is -1.70. The molecule has 8 heteroatoms. The van der Waals surface area contributed by atoms with Crippen LogP contribution >= 0.6 is 22.9 Å². The summed E-state index contributed by atoms with van der Waals surface area (Å²) in [5.41, 5.74) is 0.931. The van der Waals surface area contributed by atoms with Crippen molar-refractivity contribution in [2.45, 2.75) is 38.2 Å². The number of halogens is 1. The van der Waals surface area contributed by atoms with Crippen LogP contribution in [0.2, 0.25) is 5.28 Å². The number of thiophene rings is 1. The van der Waals surface area contributed by atoms with Crippen molar-refractivity contribution in [2.75, 3.05) is 5.32 Å². The van der Waals surface area contributed by atoms with Gasteiger partial charge in [0.25, 0.3) is 0 Å². The molecule has 0 aliphatic heterocycles. The molecule has 1 aliphatic carbocycles. The second-order valence-electron chi connectivity index (χ2n) is 6.33. The second-order valence-corrected chi connectivity index (χ2v) is 7.72. The molecule has 3 heterocycles. The lowest BCUT2D eigenvalue weighted by Gasteiger charge is -2.13. The lowest BCUT2D eigenvalue weighted by atomic mass is 10.1. The zero-order valence-electron chi connectivity index (χ0n) is 12.7. The van der Waals surface area contributed by atoms with Gasteiger partial charge >= 0.3 is 0 Å². The Balaban J connectivity index is 1.73. The number of anilines is 2. The fraction of sp³-hybridized carbons (Fsp3) is 0.400. The van der Waals surface area contributed by atoms with Gasteiger partial charge in [0.1, 0.15) is 0 Å². The molecule has 6 nitrogen and oxygen atoms in total. The van der Waals surface area contributed by atoms with E-state index in [1.54, 1.807) is 13.8 Å². The molecular weight excluding hydrogens is 334 g/mol. The van der Waals surface area contributed by atoms with Crippen LogP contribution in [-0.4, -0.2) is 25.3 Å². The Labute approximate surface area is 141 Å². The molecule has 1 saturated carbocycles. The summed E-state index contributed by atoms with van der Waals surface area (Å²) in [6.07, 6.45) is 2.43. The van der Waals surface area contributed by atoms with Crippen LogP contribution in [0.5, 0.6) is 0 Å². The molecule has 0 atom stereocenters. The van der Waals surface area contributed by atoms with Gasteiger partial charge in [-0.25, -0.2) is 4.98 Å². The van der Waals surface area contributed by atoms with E-state index in [1.807, 2.05) is 12.1 Å². The third-order valence-corrected chi connectivity index (χ3v) is 5.42. The quantitative estimate of drug-likeness (QED) is 0.621. The molecule has 1 fully saturated rings. The standard InChI is InChI=1S/C15H16ClN5OS/c1-15(2,22)10-5-9-12(23-10)13(19-14(16)17-9)18-11-6-8(20-21-11)7-3-4-7/h5-7,22H,3-4H2,1-2H3,(H2,17,18,19,20,21). The van der Waals surface area contributed by atoms with Crippen molar-refractivity contribution in [3.63, 3.8) is 0 Å². The van der Waals surface area contributed by atoms with E-state index in [9.17, 15) is 5.11 Å². The van der Waals surface area contributed by atoms with Crippen molar-refractivity contribution in [1.29, 1.82) is 0 Å². The van der Waals surface area contributed by atoms with Crippen LogP contribution in [0.25, 0.3) is 10.2 Å². The van der Waals surface area contributed by atoms with Gasteiger partial charge in [0.2, 0.25) is 5.28 Å². The number of aromatic amines is 1. The van der Waals surface area contributed by atoms with Crippen LogP contribution in [0.3, 0.4) is 0 Å². The smallest absolute Gasteiger partial charge is 0.224 e. The largest absolute Gasteiger partial charge is 0.385 e. The van der Waals surface area contributed by atoms with Crippen molar-refractivity contribution < 1.29 is 5.11 Å². The third kappa shape index (κ3) is 2.91. The first kappa shape index (κ1) is 14.9. The number of nitrogens with zero attached hydrogens (tertiary/aromatic N) is 3. The molecule has 120 valence electrons. The summed E-state index contributed by atoms with van der Waals surface area (Å²) >= 11 is 7.48. The van der Waals surface area contributed by atoms with Crippen molar-refractivity contribution >= 4 is 44.8 Å². The first-order valence-corrected chi connectivity index (χ1v) is 8.62. The molecule has 4 rings (SSSR count). The fourth-order valence-electron chi connectivity index (χ4n) is 2.41. The van der Waals surface area contributed by atoms with Crippen LogP contribution in [-0.2, 0) is 5.60 Å². The number of hydrogen-bond donors (Lipinski definition) is 3. The normalized spacial score (nSPS) is 15.3. The average Bonchev–Trinajstić information content (AvgIpc) is 3.04. The van der Waals surface area contributed by atoms with Crippen LogP contribution in [0.4, 0.5) is 11.6 Å².